The summed E-state index contributed by atoms with van der Waals surface area (Å²) in [6.45, 7) is 3.57. The number of benzene rings is 2. The summed E-state index contributed by atoms with van der Waals surface area (Å²) in [6.07, 6.45) is 1.84. The van der Waals surface area contributed by atoms with Crippen LogP contribution in [-0.4, -0.2) is 50.2 Å². The van der Waals surface area contributed by atoms with Crippen molar-refractivity contribution in [2.45, 2.75) is 26.7 Å². The lowest BCUT2D eigenvalue weighted by Crippen LogP contribution is -2.30. The Labute approximate surface area is 225 Å². The molecule has 1 aliphatic rings. The molecule has 2 aromatic carbocycles. The summed E-state index contributed by atoms with van der Waals surface area (Å²) in [6, 6.07) is 10.2. The van der Waals surface area contributed by atoms with E-state index in [1.54, 1.807) is 6.07 Å². The number of aromatic nitrogens is 1. The number of hydrogen-bond donors (Lipinski definition) is 1. The Morgan fingerprint density at radius 3 is 2.58 bits per heavy atom. The zero-order chi connectivity index (χ0) is 27.7. The van der Waals surface area contributed by atoms with E-state index in [0.717, 1.165) is 5.56 Å². The Morgan fingerprint density at radius 2 is 1.89 bits per heavy atom. The summed E-state index contributed by atoms with van der Waals surface area (Å²) >= 11 is 5.92. The van der Waals surface area contributed by atoms with Crippen molar-refractivity contribution in [2.24, 2.45) is 0 Å². The van der Waals surface area contributed by atoms with Gasteiger partial charge in [0.25, 0.3) is 5.91 Å². The number of carbonyl (C=O) groups is 2. The minimum absolute atomic E-state index is 0.0726. The van der Waals surface area contributed by atoms with Crippen LogP contribution < -0.4 is 19.5 Å². The van der Waals surface area contributed by atoms with Gasteiger partial charge in [0, 0.05) is 23.1 Å². The van der Waals surface area contributed by atoms with Crippen LogP contribution in [0.5, 0.6) is 17.2 Å². The molecule has 0 saturated heterocycles. The first kappa shape index (κ1) is 28.8. The molecule has 0 radical (unpaired) electrons. The van der Waals surface area contributed by atoms with Gasteiger partial charge in [0.2, 0.25) is 0 Å². The second kappa shape index (κ2) is 13.7. The van der Waals surface area contributed by atoms with Crippen LogP contribution in [0.3, 0.4) is 0 Å². The van der Waals surface area contributed by atoms with Crippen LogP contribution in [0.1, 0.15) is 46.7 Å². The number of amides is 1. The third-order valence-electron chi connectivity index (χ3n) is 5.32. The van der Waals surface area contributed by atoms with Crippen LogP contribution >= 0.6 is 11.6 Å². The molecule has 0 fully saturated rings. The van der Waals surface area contributed by atoms with Crippen LogP contribution in [0, 0.1) is 5.82 Å². The van der Waals surface area contributed by atoms with E-state index >= 15 is 0 Å². The number of nitrogens with zero attached hydrogens (tertiary/aromatic N) is 1. The molecule has 7 nitrogen and oxygen atoms in total. The lowest BCUT2D eigenvalue weighted by atomic mass is 10.0. The maximum absolute atomic E-state index is 13.6. The Balaban J connectivity index is 0.00000127. The number of pyridine rings is 1. The number of ether oxygens (including phenoxy) is 3. The molecule has 0 unspecified atom stereocenters. The molecule has 202 valence electrons. The molecule has 0 spiro atoms. The van der Waals surface area contributed by atoms with Gasteiger partial charge in [0.1, 0.15) is 36.2 Å². The molecular weight excluding hydrogens is 518 g/mol. The van der Waals surface area contributed by atoms with Crippen LogP contribution in [-0.2, 0) is 6.42 Å². The quantitative estimate of drug-likeness (QED) is 0.338. The number of nitrogens with one attached hydrogen (secondary N) is 1. The average molecular weight is 547 g/mol. The molecule has 1 amide bonds. The van der Waals surface area contributed by atoms with Gasteiger partial charge in [-0.2, -0.15) is 0 Å². The Bertz CT molecular complexity index is 1300. The van der Waals surface area contributed by atoms with Gasteiger partial charge in [0.05, 0.1) is 25.3 Å². The number of halogens is 3. The molecule has 1 aromatic heterocycles. The largest absolute Gasteiger partial charge is 0.493 e. The first-order chi connectivity index (χ1) is 18.3. The number of alkyl halides is 1. The second-order valence-electron chi connectivity index (χ2n) is 8.29. The second-order valence-corrected chi connectivity index (χ2v) is 8.69. The lowest BCUT2D eigenvalue weighted by molar-refractivity contribution is 0.0902. The van der Waals surface area contributed by atoms with Crippen LogP contribution in [0.25, 0.3) is 11.3 Å². The van der Waals surface area contributed by atoms with Crippen molar-refractivity contribution in [1.82, 2.24) is 10.3 Å². The summed E-state index contributed by atoms with van der Waals surface area (Å²) in [4.78, 5) is 29.9. The van der Waals surface area contributed by atoms with Crippen molar-refractivity contribution < 1.29 is 32.6 Å². The number of Topliss-reactive ketones (excluding diaryl/α,β-unsaturated/α-hetero) is 1. The van der Waals surface area contributed by atoms with E-state index in [9.17, 15) is 18.4 Å². The van der Waals surface area contributed by atoms with Gasteiger partial charge in [0.15, 0.2) is 17.3 Å². The highest BCUT2D eigenvalue weighted by molar-refractivity contribution is 6.31. The maximum atomic E-state index is 13.6. The normalized spacial score (nSPS) is 11.5. The zero-order valence-corrected chi connectivity index (χ0v) is 22.2. The van der Waals surface area contributed by atoms with Crippen LogP contribution in [0.2, 0.25) is 5.02 Å². The summed E-state index contributed by atoms with van der Waals surface area (Å²) in [5, 5.41) is 2.50. The van der Waals surface area contributed by atoms with Gasteiger partial charge in [-0.1, -0.05) is 31.9 Å². The maximum Gasteiger partial charge on any atom is 0.251 e. The number of methoxy groups -OCH3 is 1. The smallest absolute Gasteiger partial charge is 0.251 e. The zero-order valence-electron chi connectivity index (χ0n) is 21.4. The van der Waals surface area contributed by atoms with Gasteiger partial charge < -0.3 is 19.5 Å². The summed E-state index contributed by atoms with van der Waals surface area (Å²) in [7, 11) is 1.40. The van der Waals surface area contributed by atoms with Crippen LogP contribution in [0.15, 0.2) is 42.5 Å². The standard InChI is InChI=1S/C25H21ClF2N2O5.C3H8/c1-33-22-12-16(3-5-21(22)34-9-7-27)25(32)29-13-20(31)19-11-15-6-8-35-24(15)23(30-19)14-2-4-18(28)17(26)10-14;1-3-2/h2-5,10-12H,6-9,13H2,1H3,(H,29,32);3H2,1-2H3. The average Bonchev–Trinajstić information content (AvgIpc) is 3.40. The molecule has 0 saturated carbocycles. The molecule has 1 N–H and O–H groups in total. The van der Waals surface area contributed by atoms with Crippen molar-refractivity contribution in [2.75, 3.05) is 33.5 Å². The molecule has 10 heteroatoms. The Morgan fingerprint density at radius 1 is 1.13 bits per heavy atom. The Hall–Kier alpha value is -3.72. The molecule has 0 atom stereocenters. The molecule has 4 rings (SSSR count). The monoisotopic (exact) mass is 546 g/mol. The van der Waals surface area contributed by atoms with E-state index in [1.807, 2.05) is 0 Å². The third-order valence-corrected chi connectivity index (χ3v) is 5.61. The predicted octanol–water partition coefficient (Wildman–Crippen LogP) is 5.86. The van der Waals surface area contributed by atoms with Crippen molar-refractivity contribution in [3.63, 3.8) is 0 Å². The number of fused-ring (bicyclic) bond motifs is 1. The fourth-order valence-electron chi connectivity index (χ4n) is 3.61. The van der Waals surface area contributed by atoms with E-state index < -0.39 is 24.2 Å². The summed E-state index contributed by atoms with van der Waals surface area (Å²) in [5.41, 5.74) is 2.05. The summed E-state index contributed by atoms with van der Waals surface area (Å²) in [5.74, 6) is -0.408. The highest BCUT2D eigenvalue weighted by Crippen LogP contribution is 2.37. The molecule has 0 aliphatic carbocycles. The molecular formula is C28H29ClF2N2O5. The number of ketones is 1. The molecule has 38 heavy (non-hydrogen) atoms. The van der Waals surface area contributed by atoms with Gasteiger partial charge in [-0.15, -0.1) is 0 Å². The van der Waals surface area contributed by atoms with Crippen LogP contribution in [0.4, 0.5) is 8.78 Å². The SMILES string of the molecule is CCC.COc1cc(C(=O)NCC(=O)c2cc3c(c(-c4ccc(F)c(Cl)c4)n2)OCC3)ccc1OCCF. The number of hydrogen-bond acceptors (Lipinski definition) is 6. The fourth-order valence-corrected chi connectivity index (χ4v) is 3.79. The van der Waals surface area contributed by atoms with Crippen molar-refractivity contribution in [3.8, 4) is 28.5 Å². The molecule has 2 heterocycles. The minimum Gasteiger partial charge on any atom is -0.493 e. The van der Waals surface area contributed by atoms with E-state index in [4.69, 9.17) is 25.8 Å². The van der Waals surface area contributed by atoms with Gasteiger partial charge >= 0.3 is 0 Å². The molecule has 1 aliphatic heterocycles. The van der Waals surface area contributed by atoms with Gasteiger partial charge in [-0.05, 0) is 42.5 Å². The van der Waals surface area contributed by atoms with Gasteiger partial charge in [-0.25, -0.2) is 13.8 Å². The fraction of sp³-hybridized carbons (Fsp3) is 0.321. The van der Waals surface area contributed by atoms with Gasteiger partial charge in [-0.3, -0.25) is 9.59 Å². The number of carbonyl (C=O) groups excluding carboxylic acids is 2. The topological polar surface area (TPSA) is 86.8 Å². The minimum atomic E-state index is -0.660. The molecule has 3 aromatic rings. The van der Waals surface area contributed by atoms with E-state index in [2.05, 4.69) is 24.1 Å². The summed E-state index contributed by atoms with van der Waals surface area (Å²) < 4.78 is 42.1. The molecule has 0 bridgehead atoms. The van der Waals surface area contributed by atoms with E-state index in [-0.39, 0.29) is 35.2 Å². The lowest BCUT2D eigenvalue weighted by Gasteiger charge is -2.12. The highest BCUT2D eigenvalue weighted by atomic mass is 35.5. The Kier molecular flexibility index (Phi) is 10.4. The van der Waals surface area contributed by atoms with Crippen molar-refractivity contribution >= 4 is 23.3 Å². The van der Waals surface area contributed by atoms with Crippen molar-refractivity contribution in [1.29, 1.82) is 0 Å². The van der Waals surface area contributed by atoms with E-state index in [1.165, 1.54) is 49.9 Å². The first-order valence-electron chi connectivity index (χ1n) is 12.1. The highest BCUT2D eigenvalue weighted by Gasteiger charge is 2.23. The van der Waals surface area contributed by atoms with E-state index in [0.29, 0.717) is 35.8 Å². The van der Waals surface area contributed by atoms with Crippen molar-refractivity contribution in [3.05, 3.63) is 70.1 Å². The predicted molar refractivity (Wildman–Crippen MR) is 141 cm³/mol. The third kappa shape index (κ3) is 6.98. The first-order valence-corrected chi connectivity index (χ1v) is 12.5. The number of rotatable bonds is 9.